The van der Waals surface area contributed by atoms with E-state index >= 15 is 0 Å². The van der Waals surface area contributed by atoms with Gasteiger partial charge in [-0.2, -0.15) is 5.26 Å². The van der Waals surface area contributed by atoms with Gasteiger partial charge in [-0.1, -0.05) is 54.1 Å². The second-order valence-electron chi connectivity index (χ2n) is 7.33. The number of ether oxygens (including phenoxy) is 1. The Hall–Kier alpha value is -4.21. The lowest BCUT2D eigenvalue weighted by atomic mass is 9.82. The summed E-state index contributed by atoms with van der Waals surface area (Å²) in [5.41, 5.74) is 7.76. The van der Waals surface area contributed by atoms with Crippen molar-refractivity contribution in [1.82, 2.24) is 0 Å². The molecule has 2 heterocycles. The number of phenols is 1. The Balaban J connectivity index is 1.88. The second kappa shape index (κ2) is 7.49. The van der Waals surface area contributed by atoms with Crippen LogP contribution in [0, 0.1) is 11.3 Å². The molecule has 0 fully saturated rings. The predicted molar refractivity (Wildman–Crippen MR) is 120 cm³/mol. The Bertz CT molecular complexity index is 1500. The van der Waals surface area contributed by atoms with E-state index in [0.29, 0.717) is 27.5 Å². The number of nitriles is 1. The summed E-state index contributed by atoms with van der Waals surface area (Å²) in [5.74, 6) is -0.527. The van der Waals surface area contributed by atoms with E-state index in [1.807, 2.05) is 30.3 Å². The Morgan fingerprint density at radius 1 is 1.06 bits per heavy atom. The molecule has 1 atom stereocenters. The zero-order chi connectivity index (χ0) is 22.4. The zero-order valence-corrected chi connectivity index (χ0v) is 17.3. The van der Waals surface area contributed by atoms with Gasteiger partial charge in [0.2, 0.25) is 5.88 Å². The van der Waals surface area contributed by atoms with Crippen LogP contribution in [0.3, 0.4) is 0 Å². The average Bonchev–Trinajstić information content (AvgIpc) is 2.79. The first kappa shape index (κ1) is 19.7. The van der Waals surface area contributed by atoms with Crippen molar-refractivity contribution in [2.45, 2.75) is 5.92 Å². The maximum absolute atomic E-state index is 13.0. The highest BCUT2D eigenvalue weighted by Crippen LogP contribution is 2.48. The molecule has 3 aromatic carbocycles. The average molecular weight is 443 g/mol. The standard InChI is InChI=1S/C25H15ClN2O4/c26-15-8-6-14(7-9-15)21-16(12-27)25(28)32-20-11-18(30)22-17(29)10-19(31-24(22)23(20)21)13-4-2-1-3-5-13/h1-11,21,30H,28H2. The van der Waals surface area contributed by atoms with Gasteiger partial charge in [-0.15, -0.1) is 0 Å². The molecule has 1 aliphatic heterocycles. The molecular formula is C25H15ClN2O4. The third-order valence-corrected chi connectivity index (χ3v) is 5.68. The Morgan fingerprint density at radius 2 is 1.78 bits per heavy atom. The van der Waals surface area contributed by atoms with Gasteiger partial charge in [0.1, 0.15) is 39.9 Å². The molecule has 156 valence electrons. The van der Waals surface area contributed by atoms with E-state index in [9.17, 15) is 15.2 Å². The summed E-state index contributed by atoms with van der Waals surface area (Å²) in [5, 5.41) is 21.0. The number of nitrogens with zero attached hydrogens (tertiary/aromatic N) is 1. The molecule has 3 N–H and O–H groups in total. The molecule has 0 radical (unpaired) electrons. The van der Waals surface area contributed by atoms with Crippen LogP contribution < -0.4 is 15.9 Å². The number of nitrogens with two attached hydrogens (primary N) is 1. The summed E-state index contributed by atoms with van der Waals surface area (Å²) in [7, 11) is 0. The quantitative estimate of drug-likeness (QED) is 0.450. The van der Waals surface area contributed by atoms with E-state index in [4.69, 9.17) is 26.5 Å². The van der Waals surface area contributed by atoms with E-state index in [-0.39, 0.29) is 33.9 Å². The minimum atomic E-state index is -0.682. The molecule has 1 unspecified atom stereocenters. The smallest absolute Gasteiger partial charge is 0.205 e. The summed E-state index contributed by atoms with van der Waals surface area (Å²) < 4.78 is 11.8. The molecule has 5 rings (SSSR count). The molecule has 1 aromatic heterocycles. The van der Waals surface area contributed by atoms with E-state index in [1.165, 1.54) is 12.1 Å². The van der Waals surface area contributed by atoms with Crippen molar-refractivity contribution in [3.8, 4) is 28.9 Å². The van der Waals surface area contributed by atoms with Crippen LogP contribution in [0.5, 0.6) is 11.5 Å². The highest BCUT2D eigenvalue weighted by Gasteiger charge is 2.35. The van der Waals surface area contributed by atoms with Crippen molar-refractivity contribution >= 4 is 22.6 Å². The molecular weight excluding hydrogens is 428 g/mol. The molecule has 0 bridgehead atoms. The molecule has 7 heteroatoms. The van der Waals surface area contributed by atoms with Gasteiger partial charge in [0, 0.05) is 22.7 Å². The first-order chi connectivity index (χ1) is 15.5. The first-order valence-electron chi connectivity index (χ1n) is 9.70. The van der Waals surface area contributed by atoms with Crippen LogP contribution in [0.1, 0.15) is 17.0 Å². The Kier molecular flexibility index (Phi) is 4.62. The molecule has 6 nitrogen and oxygen atoms in total. The second-order valence-corrected chi connectivity index (χ2v) is 7.77. The molecule has 0 saturated heterocycles. The number of phenolic OH excluding ortho intramolecular Hbond substituents is 1. The summed E-state index contributed by atoms with van der Waals surface area (Å²) in [6.45, 7) is 0. The normalized spacial score (nSPS) is 15.2. The van der Waals surface area contributed by atoms with Crippen molar-refractivity contribution in [2.75, 3.05) is 0 Å². The minimum Gasteiger partial charge on any atom is -0.507 e. The fourth-order valence-corrected chi connectivity index (χ4v) is 4.11. The Morgan fingerprint density at radius 3 is 2.47 bits per heavy atom. The topological polar surface area (TPSA) is 109 Å². The van der Waals surface area contributed by atoms with Crippen LogP contribution >= 0.6 is 11.6 Å². The number of hydrogen-bond acceptors (Lipinski definition) is 6. The molecule has 0 amide bonds. The van der Waals surface area contributed by atoms with E-state index in [0.717, 1.165) is 0 Å². The molecule has 0 aliphatic carbocycles. The van der Waals surface area contributed by atoms with Gasteiger partial charge in [-0.3, -0.25) is 4.79 Å². The monoisotopic (exact) mass is 442 g/mol. The van der Waals surface area contributed by atoms with Crippen molar-refractivity contribution < 1.29 is 14.3 Å². The van der Waals surface area contributed by atoms with Gasteiger partial charge in [-0.25, -0.2) is 0 Å². The third-order valence-electron chi connectivity index (χ3n) is 5.43. The largest absolute Gasteiger partial charge is 0.507 e. The SMILES string of the molecule is N#CC1=C(N)Oc2cc(O)c3c(=O)cc(-c4ccccc4)oc3c2C1c1ccc(Cl)cc1. The van der Waals surface area contributed by atoms with Gasteiger partial charge in [0.25, 0.3) is 0 Å². The molecule has 0 spiro atoms. The van der Waals surface area contributed by atoms with Crippen molar-refractivity contribution in [3.63, 3.8) is 0 Å². The predicted octanol–water partition coefficient (Wildman–Crippen LogP) is 5.04. The van der Waals surface area contributed by atoms with Crippen LogP contribution in [-0.4, -0.2) is 5.11 Å². The first-order valence-corrected chi connectivity index (χ1v) is 10.1. The van der Waals surface area contributed by atoms with Gasteiger partial charge in [-0.05, 0) is 17.7 Å². The van der Waals surface area contributed by atoms with Crippen molar-refractivity contribution in [3.05, 3.63) is 105 Å². The van der Waals surface area contributed by atoms with E-state index < -0.39 is 11.3 Å². The third kappa shape index (κ3) is 3.08. The number of benzene rings is 3. The maximum atomic E-state index is 13.0. The fourth-order valence-electron chi connectivity index (χ4n) is 3.98. The van der Waals surface area contributed by atoms with E-state index in [2.05, 4.69) is 6.07 Å². The lowest BCUT2D eigenvalue weighted by molar-refractivity contribution is 0.388. The molecule has 4 aromatic rings. The molecule has 32 heavy (non-hydrogen) atoms. The van der Waals surface area contributed by atoms with Crippen LogP contribution in [0.15, 0.2) is 87.4 Å². The summed E-state index contributed by atoms with van der Waals surface area (Å²) in [4.78, 5) is 13.0. The van der Waals surface area contributed by atoms with Gasteiger partial charge < -0.3 is 20.0 Å². The highest BCUT2D eigenvalue weighted by molar-refractivity contribution is 6.30. The molecule has 1 aliphatic rings. The number of allylic oxidation sites excluding steroid dienone is 1. The summed E-state index contributed by atoms with van der Waals surface area (Å²) in [6, 6.07) is 20.8. The van der Waals surface area contributed by atoms with Gasteiger partial charge in [0.15, 0.2) is 5.43 Å². The van der Waals surface area contributed by atoms with Crippen LogP contribution in [0.25, 0.3) is 22.3 Å². The fraction of sp³-hybridized carbons (Fsp3) is 0.0400. The summed E-state index contributed by atoms with van der Waals surface area (Å²) in [6.07, 6.45) is 0. The van der Waals surface area contributed by atoms with Crippen LogP contribution in [0.2, 0.25) is 5.02 Å². The molecule has 0 saturated carbocycles. The minimum absolute atomic E-state index is 0.00348. The van der Waals surface area contributed by atoms with Gasteiger partial charge in [0.05, 0.1) is 11.5 Å². The zero-order valence-electron chi connectivity index (χ0n) is 16.5. The number of fused-ring (bicyclic) bond motifs is 3. The number of rotatable bonds is 2. The van der Waals surface area contributed by atoms with E-state index in [1.54, 1.807) is 24.3 Å². The summed E-state index contributed by atoms with van der Waals surface area (Å²) >= 11 is 6.06. The number of hydrogen-bond donors (Lipinski definition) is 2. The van der Waals surface area contributed by atoms with Crippen LogP contribution in [-0.2, 0) is 0 Å². The van der Waals surface area contributed by atoms with Crippen molar-refractivity contribution in [2.24, 2.45) is 5.73 Å². The highest BCUT2D eigenvalue weighted by atomic mass is 35.5. The lowest BCUT2D eigenvalue weighted by Crippen LogP contribution is -2.22. The van der Waals surface area contributed by atoms with Crippen LogP contribution in [0.4, 0.5) is 0 Å². The Labute approximate surface area is 187 Å². The number of aromatic hydroxyl groups is 1. The number of halogens is 1. The van der Waals surface area contributed by atoms with Gasteiger partial charge >= 0.3 is 0 Å². The maximum Gasteiger partial charge on any atom is 0.205 e. The van der Waals surface area contributed by atoms with Crippen molar-refractivity contribution in [1.29, 1.82) is 5.26 Å². The lowest BCUT2D eigenvalue weighted by Gasteiger charge is -2.27.